The number of hydrogen-bond donors (Lipinski definition) is 0. The monoisotopic (exact) mass is 269 g/mol. The Morgan fingerprint density at radius 1 is 1.21 bits per heavy atom. The first-order chi connectivity index (χ1) is 8.73. The number of hydrogen-bond acceptors (Lipinski definition) is 3. The lowest BCUT2D eigenvalue weighted by Gasteiger charge is -2.32. The molecule has 104 valence electrons. The highest BCUT2D eigenvalue weighted by Gasteiger charge is 2.52. The number of pyridine rings is 1. The molecular weight excluding hydrogens is 251 g/mol. The summed E-state index contributed by atoms with van der Waals surface area (Å²) in [5.41, 5.74) is -0.0911. The molecular formula is C13H18BF2NO2. The van der Waals surface area contributed by atoms with Crippen LogP contribution in [-0.2, 0) is 15.7 Å². The zero-order valence-electron chi connectivity index (χ0n) is 11.6. The van der Waals surface area contributed by atoms with Gasteiger partial charge in [0.1, 0.15) is 0 Å². The second-order valence-electron chi connectivity index (χ2n) is 5.73. The molecule has 0 aromatic carbocycles. The first-order valence-electron chi connectivity index (χ1n) is 6.30. The summed E-state index contributed by atoms with van der Waals surface area (Å²) in [6, 6.07) is 3.28. The number of nitrogens with zero attached hydrogens (tertiary/aromatic N) is 1. The van der Waals surface area contributed by atoms with Gasteiger partial charge in [-0.25, -0.2) is 8.78 Å². The van der Waals surface area contributed by atoms with Crippen LogP contribution < -0.4 is 5.59 Å². The van der Waals surface area contributed by atoms with E-state index in [1.54, 1.807) is 18.3 Å². The van der Waals surface area contributed by atoms with Gasteiger partial charge in [0, 0.05) is 12.6 Å². The molecule has 0 radical (unpaired) electrons. The van der Waals surface area contributed by atoms with E-state index in [9.17, 15) is 8.78 Å². The van der Waals surface area contributed by atoms with Crippen LogP contribution in [0.2, 0.25) is 0 Å². The molecule has 19 heavy (non-hydrogen) atoms. The maximum Gasteiger partial charge on any atom is 0.514 e. The van der Waals surface area contributed by atoms with E-state index < -0.39 is 24.7 Å². The lowest BCUT2D eigenvalue weighted by molar-refractivity contribution is 0.00578. The molecule has 0 aliphatic carbocycles. The van der Waals surface area contributed by atoms with Gasteiger partial charge in [0.25, 0.3) is 0 Å². The van der Waals surface area contributed by atoms with Crippen molar-refractivity contribution in [1.29, 1.82) is 0 Å². The molecule has 1 aliphatic heterocycles. The molecule has 0 N–H and O–H groups in total. The van der Waals surface area contributed by atoms with Crippen molar-refractivity contribution in [2.45, 2.75) is 51.7 Å². The summed E-state index contributed by atoms with van der Waals surface area (Å²) < 4.78 is 36.8. The van der Waals surface area contributed by atoms with Crippen molar-refractivity contribution in [3.05, 3.63) is 23.9 Å². The van der Waals surface area contributed by atoms with Crippen molar-refractivity contribution >= 4 is 12.7 Å². The molecule has 2 rings (SSSR count). The van der Waals surface area contributed by atoms with Crippen molar-refractivity contribution in [2.75, 3.05) is 0 Å². The Morgan fingerprint density at radius 3 is 2.32 bits per heavy atom. The molecule has 0 bridgehead atoms. The largest absolute Gasteiger partial charge is 0.514 e. The van der Waals surface area contributed by atoms with Gasteiger partial charge in [-0.15, -0.1) is 0 Å². The van der Waals surface area contributed by atoms with Crippen molar-refractivity contribution in [1.82, 2.24) is 4.98 Å². The Labute approximate surface area is 112 Å². The molecule has 1 aromatic heterocycles. The van der Waals surface area contributed by atoms with Crippen LogP contribution in [0.25, 0.3) is 0 Å². The highest BCUT2D eigenvalue weighted by atomic mass is 19.3. The van der Waals surface area contributed by atoms with Gasteiger partial charge < -0.3 is 9.31 Å². The maximum absolute atomic E-state index is 12.6. The standard InChI is InChI=1S/C13H18BF2NO2/c1-12(2)13(3,4)19-14(18-12)11-9(8-10(15)16)6-5-7-17-11/h5-7,10H,8H2,1-4H3. The minimum atomic E-state index is -2.41. The Kier molecular flexibility index (Phi) is 3.66. The quantitative estimate of drug-likeness (QED) is 0.788. The van der Waals surface area contributed by atoms with Gasteiger partial charge in [-0.3, -0.25) is 4.98 Å². The van der Waals surface area contributed by atoms with Crippen LogP contribution in [0.15, 0.2) is 18.3 Å². The topological polar surface area (TPSA) is 31.4 Å². The van der Waals surface area contributed by atoms with Crippen molar-refractivity contribution in [2.24, 2.45) is 0 Å². The van der Waals surface area contributed by atoms with Gasteiger partial charge >= 0.3 is 7.12 Å². The predicted molar refractivity (Wildman–Crippen MR) is 69.7 cm³/mol. The number of aromatic nitrogens is 1. The van der Waals surface area contributed by atoms with Gasteiger partial charge in [0.2, 0.25) is 6.43 Å². The molecule has 0 spiro atoms. The summed E-state index contributed by atoms with van der Waals surface area (Å²) in [6.45, 7) is 7.68. The van der Waals surface area contributed by atoms with Gasteiger partial charge in [-0.05, 0) is 39.3 Å². The number of alkyl halides is 2. The molecule has 0 atom stereocenters. The Bertz CT molecular complexity index is 450. The van der Waals surface area contributed by atoms with E-state index in [-0.39, 0.29) is 6.42 Å². The average molecular weight is 269 g/mol. The zero-order valence-corrected chi connectivity index (χ0v) is 11.6. The molecule has 0 unspecified atom stereocenters. The average Bonchev–Trinajstić information content (AvgIpc) is 2.48. The molecule has 1 aliphatic rings. The van der Waals surface area contributed by atoms with Gasteiger partial charge in [0.15, 0.2) is 0 Å². The Balaban J connectivity index is 2.29. The fourth-order valence-corrected chi connectivity index (χ4v) is 1.96. The SMILES string of the molecule is CC1(C)OB(c2ncccc2CC(F)F)OC1(C)C. The van der Waals surface area contributed by atoms with Gasteiger partial charge in [-0.1, -0.05) is 6.07 Å². The minimum absolute atomic E-state index is 0.340. The van der Waals surface area contributed by atoms with Crippen LogP contribution in [0.4, 0.5) is 8.78 Å². The van der Waals surface area contributed by atoms with E-state index in [2.05, 4.69) is 4.98 Å². The van der Waals surface area contributed by atoms with E-state index in [1.165, 1.54) is 0 Å². The summed E-state index contributed by atoms with van der Waals surface area (Å²) in [5, 5.41) is 0. The molecule has 1 aromatic rings. The van der Waals surface area contributed by atoms with Crippen LogP contribution in [0.5, 0.6) is 0 Å². The lowest BCUT2D eigenvalue weighted by Crippen LogP contribution is -2.41. The summed E-state index contributed by atoms with van der Waals surface area (Å²) in [6.07, 6.45) is -1.19. The smallest absolute Gasteiger partial charge is 0.398 e. The van der Waals surface area contributed by atoms with Gasteiger partial charge in [-0.2, -0.15) is 0 Å². The third kappa shape index (κ3) is 2.79. The van der Waals surface area contributed by atoms with Crippen LogP contribution in [-0.4, -0.2) is 29.7 Å². The first kappa shape index (κ1) is 14.4. The Hall–Kier alpha value is -1.01. The molecule has 6 heteroatoms. The fourth-order valence-electron chi connectivity index (χ4n) is 1.96. The molecule has 1 fully saturated rings. The van der Waals surface area contributed by atoms with E-state index >= 15 is 0 Å². The molecule has 1 saturated heterocycles. The van der Waals surface area contributed by atoms with Crippen molar-refractivity contribution < 1.29 is 18.1 Å². The number of rotatable bonds is 3. The van der Waals surface area contributed by atoms with Crippen molar-refractivity contribution in [3.63, 3.8) is 0 Å². The number of halogens is 2. The maximum atomic E-state index is 12.6. The van der Waals surface area contributed by atoms with Crippen LogP contribution in [0.3, 0.4) is 0 Å². The molecule has 3 nitrogen and oxygen atoms in total. The molecule has 2 heterocycles. The van der Waals surface area contributed by atoms with Crippen LogP contribution in [0, 0.1) is 0 Å². The second kappa shape index (κ2) is 4.83. The van der Waals surface area contributed by atoms with E-state index in [0.717, 1.165) is 0 Å². The predicted octanol–water partition coefficient (Wildman–Crippen LogP) is 2.19. The fraction of sp³-hybridized carbons (Fsp3) is 0.615. The highest BCUT2D eigenvalue weighted by Crippen LogP contribution is 2.36. The van der Waals surface area contributed by atoms with Crippen LogP contribution >= 0.6 is 0 Å². The molecule has 0 saturated carbocycles. The van der Waals surface area contributed by atoms with Crippen LogP contribution in [0.1, 0.15) is 33.3 Å². The third-order valence-electron chi connectivity index (χ3n) is 3.78. The van der Waals surface area contributed by atoms with E-state index in [0.29, 0.717) is 11.2 Å². The summed E-state index contributed by atoms with van der Waals surface area (Å²) in [4.78, 5) is 4.16. The summed E-state index contributed by atoms with van der Waals surface area (Å²) in [5.74, 6) is 0. The third-order valence-corrected chi connectivity index (χ3v) is 3.78. The first-order valence-corrected chi connectivity index (χ1v) is 6.30. The van der Waals surface area contributed by atoms with E-state index in [1.807, 2.05) is 27.7 Å². The van der Waals surface area contributed by atoms with E-state index in [4.69, 9.17) is 9.31 Å². The zero-order chi connectivity index (χ0) is 14.3. The van der Waals surface area contributed by atoms with Gasteiger partial charge in [0.05, 0.1) is 16.8 Å². The summed E-state index contributed by atoms with van der Waals surface area (Å²) >= 11 is 0. The normalized spacial score (nSPS) is 21.1. The minimum Gasteiger partial charge on any atom is -0.398 e. The second-order valence-corrected chi connectivity index (χ2v) is 5.73. The molecule has 0 amide bonds. The summed E-state index contributed by atoms with van der Waals surface area (Å²) in [7, 11) is -0.694. The highest BCUT2D eigenvalue weighted by molar-refractivity contribution is 6.61. The van der Waals surface area contributed by atoms with Crippen molar-refractivity contribution in [3.8, 4) is 0 Å². The Morgan fingerprint density at radius 2 is 1.79 bits per heavy atom. The lowest BCUT2D eigenvalue weighted by atomic mass is 9.80.